The number of furan rings is 1. The molecule has 0 spiro atoms. The van der Waals surface area contributed by atoms with Crippen LogP contribution in [0.3, 0.4) is 0 Å². The molecule has 4 heteroatoms. The maximum absolute atomic E-state index is 11.0. The van der Waals surface area contributed by atoms with E-state index < -0.39 is 0 Å². The van der Waals surface area contributed by atoms with E-state index in [4.69, 9.17) is 10.2 Å². The molecule has 4 nitrogen and oxygen atoms in total. The van der Waals surface area contributed by atoms with Crippen molar-refractivity contribution in [2.24, 2.45) is 5.73 Å². The van der Waals surface area contributed by atoms with Crippen molar-refractivity contribution in [3.05, 3.63) is 24.2 Å². The van der Waals surface area contributed by atoms with Crippen LogP contribution in [-0.2, 0) is 9.53 Å². The second-order valence-corrected chi connectivity index (χ2v) is 2.77. The Morgan fingerprint density at radius 1 is 1.77 bits per heavy atom. The van der Waals surface area contributed by atoms with Gasteiger partial charge in [-0.25, -0.2) is 0 Å². The maximum Gasteiger partial charge on any atom is 0.306 e. The predicted molar refractivity (Wildman–Crippen MR) is 47.1 cm³/mol. The van der Waals surface area contributed by atoms with Crippen LogP contribution in [0.4, 0.5) is 0 Å². The summed E-state index contributed by atoms with van der Waals surface area (Å²) in [4.78, 5) is 11.0. The summed E-state index contributed by atoms with van der Waals surface area (Å²) in [6.07, 6.45) is 3.46. The molecule has 1 unspecified atom stereocenters. The van der Waals surface area contributed by atoms with E-state index in [9.17, 15) is 4.79 Å². The van der Waals surface area contributed by atoms with Gasteiger partial charge in [-0.1, -0.05) is 0 Å². The number of ether oxygens (including phenoxy) is 1. The standard InChI is InChI=1S/C9H13NO3/c1-12-9(11)4-8(5-10)7-2-3-13-6-7/h2-3,6,8H,4-5,10H2,1H3. The largest absolute Gasteiger partial charge is 0.472 e. The zero-order chi connectivity index (χ0) is 9.68. The number of rotatable bonds is 4. The zero-order valence-corrected chi connectivity index (χ0v) is 7.53. The van der Waals surface area contributed by atoms with Crippen LogP contribution < -0.4 is 5.73 Å². The first kappa shape index (κ1) is 9.80. The average molecular weight is 183 g/mol. The summed E-state index contributed by atoms with van der Waals surface area (Å²) in [6.45, 7) is 0.411. The Morgan fingerprint density at radius 3 is 3.00 bits per heavy atom. The van der Waals surface area contributed by atoms with E-state index in [1.807, 2.05) is 0 Å². The van der Waals surface area contributed by atoms with Crippen LogP contribution in [0.25, 0.3) is 0 Å². The Balaban J connectivity index is 2.58. The van der Waals surface area contributed by atoms with E-state index in [2.05, 4.69) is 4.74 Å². The number of hydrogen-bond donors (Lipinski definition) is 1. The highest BCUT2D eigenvalue weighted by molar-refractivity contribution is 5.70. The summed E-state index contributed by atoms with van der Waals surface area (Å²) in [5, 5.41) is 0. The SMILES string of the molecule is COC(=O)CC(CN)c1ccoc1. The van der Waals surface area contributed by atoms with E-state index in [1.54, 1.807) is 18.6 Å². The van der Waals surface area contributed by atoms with E-state index in [0.29, 0.717) is 13.0 Å². The van der Waals surface area contributed by atoms with Gasteiger partial charge in [0.15, 0.2) is 0 Å². The molecule has 0 aromatic carbocycles. The van der Waals surface area contributed by atoms with Gasteiger partial charge in [-0.15, -0.1) is 0 Å². The number of nitrogens with two attached hydrogens (primary N) is 1. The van der Waals surface area contributed by atoms with Crippen LogP contribution in [0.1, 0.15) is 17.9 Å². The lowest BCUT2D eigenvalue weighted by molar-refractivity contribution is -0.141. The van der Waals surface area contributed by atoms with Gasteiger partial charge in [0.1, 0.15) is 0 Å². The van der Waals surface area contributed by atoms with Crippen molar-refractivity contribution in [3.8, 4) is 0 Å². The molecular formula is C9H13NO3. The van der Waals surface area contributed by atoms with Gasteiger partial charge in [0, 0.05) is 5.92 Å². The molecule has 2 N–H and O–H groups in total. The molecule has 0 radical (unpaired) electrons. The Hall–Kier alpha value is -1.29. The van der Waals surface area contributed by atoms with Crippen LogP contribution in [-0.4, -0.2) is 19.6 Å². The first-order valence-electron chi connectivity index (χ1n) is 4.07. The predicted octanol–water partition coefficient (Wildman–Crippen LogP) is 0.885. The lowest BCUT2D eigenvalue weighted by Gasteiger charge is -2.10. The third-order valence-corrected chi connectivity index (χ3v) is 1.94. The molecule has 0 amide bonds. The minimum atomic E-state index is -0.253. The molecule has 1 rings (SSSR count). The van der Waals surface area contributed by atoms with Crippen molar-refractivity contribution in [1.82, 2.24) is 0 Å². The third-order valence-electron chi connectivity index (χ3n) is 1.94. The van der Waals surface area contributed by atoms with Gasteiger partial charge in [0.05, 0.1) is 26.1 Å². The number of hydrogen-bond acceptors (Lipinski definition) is 4. The quantitative estimate of drug-likeness (QED) is 0.704. The molecule has 0 saturated carbocycles. The summed E-state index contributed by atoms with van der Waals surface area (Å²) in [5.41, 5.74) is 6.46. The molecule has 0 aliphatic rings. The topological polar surface area (TPSA) is 65.5 Å². The van der Waals surface area contributed by atoms with Crippen LogP contribution in [0, 0.1) is 0 Å². The number of carbonyl (C=O) groups is 1. The summed E-state index contributed by atoms with van der Waals surface area (Å²) < 4.78 is 9.46. The highest BCUT2D eigenvalue weighted by Gasteiger charge is 2.15. The highest BCUT2D eigenvalue weighted by Crippen LogP contribution is 2.18. The maximum atomic E-state index is 11.0. The molecule has 1 atom stereocenters. The molecule has 72 valence electrons. The van der Waals surface area contributed by atoms with Crippen molar-refractivity contribution in [2.75, 3.05) is 13.7 Å². The Kier molecular flexibility index (Phi) is 3.52. The Labute approximate surface area is 76.7 Å². The molecule has 13 heavy (non-hydrogen) atoms. The van der Waals surface area contributed by atoms with Crippen molar-refractivity contribution in [1.29, 1.82) is 0 Å². The molecule has 1 heterocycles. The summed E-state index contributed by atoms with van der Waals surface area (Å²) in [7, 11) is 1.37. The summed E-state index contributed by atoms with van der Waals surface area (Å²) in [6, 6.07) is 1.81. The summed E-state index contributed by atoms with van der Waals surface area (Å²) >= 11 is 0. The smallest absolute Gasteiger partial charge is 0.306 e. The van der Waals surface area contributed by atoms with E-state index in [1.165, 1.54) is 7.11 Å². The second-order valence-electron chi connectivity index (χ2n) is 2.77. The third kappa shape index (κ3) is 2.59. The lowest BCUT2D eigenvalue weighted by Crippen LogP contribution is -2.16. The van der Waals surface area contributed by atoms with E-state index >= 15 is 0 Å². The van der Waals surface area contributed by atoms with Gasteiger partial charge >= 0.3 is 5.97 Å². The van der Waals surface area contributed by atoms with Gasteiger partial charge in [0.2, 0.25) is 0 Å². The van der Waals surface area contributed by atoms with Gasteiger partial charge in [-0.05, 0) is 18.2 Å². The van der Waals surface area contributed by atoms with Crippen LogP contribution >= 0.6 is 0 Å². The number of carbonyl (C=O) groups excluding carboxylic acids is 1. The van der Waals surface area contributed by atoms with Crippen molar-refractivity contribution >= 4 is 5.97 Å². The highest BCUT2D eigenvalue weighted by atomic mass is 16.5. The average Bonchev–Trinajstić information content (AvgIpc) is 2.66. The molecule has 1 aromatic rings. The fraction of sp³-hybridized carbons (Fsp3) is 0.444. The Bertz CT molecular complexity index is 256. The fourth-order valence-corrected chi connectivity index (χ4v) is 1.13. The summed E-state index contributed by atoms with van der Waals surface area (Å²) in [5.74, 6) is -0.261. The van der Waals surface area contributed by atoms with Gasteiger partial charge in [-0.2, -0.15) is 0 Å². The first-order valence-corrected chi connectivity index (χ1v) is 4.07. The number of methoxy groups -OCH3 is 1. The van der Waals surface area contributed by atoms with Gasteiger partial charge in [-0.3, -0.25) is 4.79 Å². The minimum Gasteiger partial charge on any atom is -0.472 e. The first-order chi connectivity index (χ1) is 6.27. The van der Waals surface area contributed by atoms with Gasteiger partial charge < -0.3 is 14.9 Å². The van der Waals surface area contributed by atoms with E-state index in [-0.39, 0.29) is 11.9 Å². The van der Waals surface area contributed by atoms with Crippen molar-refractivity contribution in [3.63, 3.8) is 0 Å². The molecule has 0 fully saturated rings. The molecular weight excluding hydrogens is 170 g/mol. The second kappa shape index (κ2) is 4.67. The molecule has 1 aromatic heterocycles. The van der Waals surface area contributed by atoms with Crippen molar-refractivity contribution < 1.29 is 13.9 Å². The number of esters is 1. The molecule has 0 bridgehead atoms. The molecule has 0 saturated heterocycles. The molecule has 0 aliphatic carbocycles. The van der Waals surface area contributed by atoms with Crippen LogP contribution in [0.5, 0.6) is 0 Å². The lowest BCUT2D eigenvalue weighted by atomic mass is 9.99. The fourth-order valence-electron chi connectivity index (χ4n) is 1.13. The van der Waals surface area contributed by atoms with E-state index in [0.717, 1.165) is 5.56 Å². The van der Waals surface area contributed by atoms with Crippen molar-refractivity contribution in [2.45, 2.75) is 12.3 Å². The molecule has 0 aliphatic heterocycles. The van der Waals surface area contributed by atoms with Crippen LogP contribution in [0.2, 0.25) is 0 Å². The van der Waals surface area contributed by atoms with Crippen LogP contribution in [0.15, 0.2) is 23.0 Å². The zero-order valence-electron chi connectivity index (χ0n) is 7.53. The van der Waals surface area contributed by atoms with Gasteiger partial charge in [0.25, 0.3) is 0 Å². The Morgan fingerprint density at radius 2 is 2.54 bits per heavy atom. The normalized spacial score (nSPS) is 12.5. The monoisotopic (exact) mass is 183 g/mol. The minimum absolute atomic E-state index is 0.00815.